The third-order valence-electron chi connectivity index (χ3n) is 3.44. The molecule has 1 heterocycles. The van der Waals surface area contributed by atoms with Gasteiger partial charge < -0.3 is 19.7 Å². The molecule has 112 valence electrons. The van der Waals surface area contributed by atoms with Crippen molar-refractivity contribution in [2.24, 2.45) is 7.05 Å². The molecule has 2 aromatic rings. The summed E-state index contributed by atoms with van der Waals surface area (Å²) < 4.78 is 6.73. The lowest BCUT2D eigenvalue weighted by molar-refractivity contribution is -0.145. The quantitative estimate of drug-likeness (QED) is 0.872. The number of hydrogen-bond acceptors (Lipinski definition) is 3. The lowest BCUT2D eigenvalue weighted by Gasteiger charge is -2.25. The van der Waals surface area contributed by atoms with E-state index in [9.17, 15) is 14.7 Å². The van der Waals surface area contributed by atoms with Crippen molar-refractivity contribution in [1.82, 2.24) is 9.88 Å². The summed E-state index contributed by atoms with van der Waals surface area (Å²) in [5.74, 6) is -1.58. The first kappa shape index (κ1) is 15.1. The number of aliphatic carboxylic acids is 1. The van der Waals surface area contributed by atoms with Crippen LogP contribution in [0.25, 0.3) is 10.9 Å². The Hall–Kier alpha value is -2.34. The number of rotatable bonds is 5. The second kappa shape index (κ2) is 5.57. The fraction of sp³-hybridized carbons (Fsp3) is 0.333. The highest BCUT2D eigenvalue weighted by molar-refractivity contribution is 6.08. The van der Waals surface area contributed by atoms with Crippen LogP contribution in [0.1, 0.15) is 17.3 Å². The SMILES string of the molecule is COCC(C)(NC(=O)c1cn(C)c2ccccc12)C(=O)O. The van der Waals surface area contributed by atoms with Gasteiger partial charge in [0.2, 0.25) is 0 Å². The number of amides is 1. The number of nitrogens with one attached hydrogen (secondary N) is 1. The van der Waals surface area contributed by atoms with Crippen LogP contribution in [0.5, 0.6) is 0 Å². The number of benzene rings is 1. The molecular formula is C15H18N2O4. The Morgan fingerprint density at radius 2 is 2.05 bits per heavy atom. The van der Waals surface area contributed by atoms with Crippen LogP contribution in [-0.4, -0.2) is 40.8 Å². The minimum Gasteiger partial charge on any atom is -0.479 e. The first-order chi connectivity index (χ1) is 9.89. The molecule has 0 saturated heterocycles. The molecule has 0 saturated carbocycles. The Labute approximate surface area is 122 Å². The number of carboxylic acids is 1. The number of aromatic nitrogens is 1. The molecule has 21 heavy (non-hydrogen) atoms. The van der Waals surface area contributed by atoms with Crippen molar-refractivity contribution < 1.29 is 19.4 Å². The molecule has 0 aliphatic rings. The van der Waals surface area contributed by atoms with E-state index in [2.05, 4.69) is 5.32 Å². The summed E-state index contributed by atoms with van der Waals surface area (Å²) in [5, 5.41) is 12.6. The van der Waals surface area contributed by atoms with Gasteiger partial charge >= 0.3 is 5.97 Å². The predicted octanol–water partition coefficient (Wildman–Crippen LogP) is 1.40. The highest BCUT2D eigenvalue weighted by Gasteiger charge is 2.35. The van der Waals surface area contributed by atoms with Crippen LogP contribution >= 0.6 is 0 Å². The Bertz CT molecular complexity index is 692. The second-order valence-corrected chi connectivity index (χ2v) is 5.20. The average molecular weight is 290 g/mol. The lowest BCUT2D eigenvalue weighted by atomic mass is 10.0. The van der Waals surface area contributed by atoms with E-state index in [-0.39, 0.29) is 6.61 Å². The van der Waals surface area contributed by atoms with Crippen molar-refractivity contribution in [2.45, 2.75) is 12.5 Å². The normalized spacial score (nSPS) is 13.9. The molecule has 6 heteroatoms. The molecule has 6 nitrogen and oxygen atoms in total. The van der Waals surface area contributed by atoms with Gasteiger partial charge in [-0.25, -0.2) is 4.79 Å². The number of carbonyl (C=O) groups excluding carboxylic acids is 1. The van der Waals surface area contributed by atoms with E-state index in [1.165, 1.54) is 14.0 Å². The van der Waals surface area contributed by atoms with Gasteiger partial charge in [0.1, 0.15) is 0 Å². The number of para-hydroxylation sites is 1. The maximum absolute atomic E-state index is 12.4. The fourth-order valence-corrected chi connectivity index (χ4v) is 2.28. The van der Waals surface area contributed by atoms with Crippen molar-refractivity contribution in [3.05, 3.63) is 36.0 Å². The molecular weight excluding hydrogens is 272 g/mol. The van der Waals surface area contributed by atoms with Crippen LogP contribution in [-0.2, 0) is 16.6 Å². The van der Waals surface area contributed by atoms with Crippen molar-refractivity contribution in [3.8, 4) is 0 Å². The summed E-state index contributed by atoms with van der Waals surface area (Å²) in [7, 11) is 3.23. The van der Waals surface area contributed by atoms with E-state index in [0.29, 0.717) is 5.56 Å². The van der Waals surface area contributed by atoms with Crippen LogP contribution in [0, 0.1) is 0 Å². The minimum atomic E-state index is -1.47. The Kier molecular flexibility index (Phi) is 3.99. The first-order valence-electron chi connectivity index (χ1n) is 6.48. The monoisotopic (exact) mass is 290 g/mol. The molecule has 1 atom stereocenters. The molecule has 0 radical (unpaired) electrons. The van der Waals surface area contributed by atoms with Crippen LogP contribution in [0.4, 0.5) is 0 Å². The molecule has 1 aromatic carbocycles. The first-order valence-corrected chi connectivity index (χ1v) is 6.48. The van der Waals surface area contributed by atoms with Gasteiger partial charge in [0.15, 0.2) is 5.54 Å². The van der Waals surface area contributed by atoms with Crippen LogP contribution in [0.2, 0.25) is 0 Å². The molecule has 0 aliphatic heterocycles. The zero-order chi connectivity index (χ0) is 15.6. The standard InChI is InChI=1S/C15H18N2O4/c1-15(9-21-3,14(19)20)16-13(18)11-8-17(2)12-7-5-4-6-10(11)12/h4-8H,9H2,1-3H3,(H,16,18)(H,19,20). The lowest BCUT2D eigenvalue weighted by Crippen LogP contribution is -2.55. The fourth-order valence-electron chi connectivity index (χ4n) is 2.28. The van der Waals surface area contributed by atoms with Gasteiger partial charge in [0, 0.05) is 31.3 Å². The second-order valence-electron chi connectivity index (χ2n) is 5.20. The van der Waals surface area contributed by atoms with E-state index >= 15 is 0 Å². The molecule has 2 rings (SSSR count). The molecule has 1 unspecified atom stereocenters. The van der Waals surface area contributed by atoms with E-state index in [1.54, 1.807) is 6.20 Å². The minimum absolute atomic E-state index is 0.112. The van der Waals surface area contributed by atoms with E-state index in [4.69, 9.17) is 4.74 Å². The Morgan fingerprint density at radius 3 is 2.67 bits per heavy atom. The third kappa shape index (κ3) is 2.75. The van der Waals surface area contributed by atoms with Gasteiger partial charge in [0.05, 0.1) is 12.2 Å². The summed E-state index contributed by atoms with van der Waals surface area (Å²) in [4.78, 5) is 23.8. The van der Waals surface area contributed by atoms with Crippen molar-refractivity contribution >= 4 is 22.8 Å². The third-order valence-corrected chi connectivity index (χ3v) is 3.44. The van der Waals surface area contributed by atoms with E-state index < -0.39 is 17.4 Å². The van der Waals surface area contributed by atoms with Gasteiger partial charge in [-0.15, -0.1) is 0 Å². The van der Waals surface area contributed by atoms with Gasteiger partial charge in [-0.2, -0.15) is 0 Å². The molecule has 0 aliphatic carbocycles. The highest BCUT2D eigenvalue weighted by Crippen LogP contribution is 2.21. The van der Waals surface area contributed by atoms with Crippen molar-refractivity contribution in [2.75, 3.05) is 13.7 Å². The molecule has 1 aromatic heterocycles. The van der Waals surface area contributed by atoms with Gasteiger partial charge in [-0.3, -0.25) is 4.79 Å². The number of aryl methyl sites for hydroxylation is 1. The molecule has 0 fully saturated rings. The largest absolute Gasteiger partial charge is 0.479 e. The summed E-state index contributed by atoms with van der Waals surface area (Å²) in [6.45, 7) is 1.31. The number of methoxy groups -OCH3 is 1. The van der Waals surface area contributed by atoms with Crippen LogP contribution in [0.15, 0.2) is 30.5 Å². The van der Waals surface area contributed by atoms with Gasteiger partial charge in [-0.1, -0.05) is 18.2 Å². The Morgan fingerprint density at radius 1 is 1.38 bits per heavy atom. The summed E-state index contributed by atoms with van der Waals surface area (Å²) >= 11 is 0. The van der Waals surface area contributed by atoms with Crippen molar-refractivity contribution in [3.63, 3.8) is 0 Å². The van der Waals surface area contributed by atoms with Gasteiger partial charge in [-0.05, 0) is 13.0 Å². The number of ether oxygens (including phenoxy) is 1. The number of nitrogens with zero attached hydrogens (tertiary/aromatic N) is 1. The zero-order valence-electron chi connectivity index (χ0n) is 12.2. The molecule has 0 bridgehead atoms. The molecule has 1 amide bonds. The summed E-state index contributed by atoms with van der Waals surface area (Å²) in [5.41, 5.74) is -0.119. The summed E-state index contributed by atoms with van der Waals surface area (Å²) in [6.07, 6.45) is 1.69. The zero-order valence-corrected chi connectivity index (χ0v) is 12.2. The summed E-state index contributed by atoms with van der Waals surface area (Å²) in [6, 6.07) is 7.46. The molecule has 2 N–H and O–H groups in total. The average Bonchev–Trinajstić information content (AvgIpc) is 2.77. The van der Waals surface area contributed by atoms with Crippen molar-refractivity contribution in [1.29, 1.82) is 0 Å². The Balaban J connectivity index is 2.37. The predicted molar refractivity (Wildman–Crippen MR) is 78.3 cm³/mol. The number of hydrogen-bond donors (Lipinski definition) is 2. The van der Waals surface area contributed by atoms with Crippen LogP contribution < -0.4 is 5.32 Å². The smallest absolute Gasteiger partial charge is 0.331 e. The maximum atomic E-state index is 12.4. The number of fused-ring (bicyclic) bond motifs is 1. The van der Waals surface area contributed by atoms with E-state index in [0.717, 1.165) is 10.9 Å². The number of carbonyl (C=O) groups is 2. The number of carboxylic acid groups (broad SMARTS) is 1. The molecule has 0 spiro atoms. The maximum Gasteiger partial charge on any atom is 0.331 e. The highest BCUT2D eigenvalue weighted by atomic mass is 16.5. The topological polar surface area (TPSA) is 80.6 Å². The van der Waals surface area contributed by atoms with Crippen LogP contribution in [0.3, 0.4) is 0 Å². The van der Waals surface area contributed by atoms with Gasteiger partial charge in [0.25, 0.3) is 5.91 Å². The van der Waals surface area contributed by atoms with E-state index in [1.807, 2.05) is 35.9 Å².